The number of rotatable bonds is 7. The highest BCUT2D eigenvalue weighted by atomic mass is 35.5. The van der Waals surface area contributed by atoms with Crippen LogP contribution in [0.25, 0.3) is 0 Å². The molecule has 3 aliphatic rings. The number of nitrogens with two attached hydrogens (primary N) is 1. The molecule has 3 N–H and O–H groups in total. The zero-order valence-electron chi connectivity index (χ0n) is 17.6. The predicted molar refractivity (Wildman–Crippen MR) is 115 cm³/mol. The number of halogens is 1. The molecule has 1 aliphatic carbocycles. The molecular weight excluding hydrogens is 390 g/mol. The Labute approximate surface area is 178 Å². The van der Waals surface area contributed by atoms with Crippen molar-refractivity contribution in [3.8, 4) is 5.75 Å². The summed E-state index contributed by atoms with van der Waals surface area (Å²) in [5.74, 6) is 2.44. The molecule has 7 heteroatoms. The molecule has 6 nitrogen and oxygen atoms in total. The first kappa shape index (κ1) is 20.8. The summed E-state index contributed by atoms with van der Waals surface area (Å²) < 4.78 is 11.1. The van der Waals surface area contributed by atoms with E-state index < -0.39 is 0 Å². The van der Waals surface area contributed by atoms with E-state index in [0.717, 1.165) is 44.6 Å². The molecule has 2 atom stereocenters. The van der Waals surface area contributed by atoms with Gasteiger partial charge in [0.05, 0.1) is 29.5 Å². The van der Waals surface area contributed by atoms with Crippen molar-refractivity contribution in [3.05, 3.63) is 22.2 Å². The number of fused-ring (bicyclic) bond motifs is 2. The first-order valence-electron chi connectivity index (χ1n) is 10.5. The van der Waals surface area contributed by atoms with Gasteiger partial charge < -0.3 is 25.4 Å². The average Bonchev–Trinajstić information content (AvgIpc) is 3.13. The van der Waals surface area contributed by atoms with Crippen molar-refractivity contribution in [2.75, 3.05) is 52.2 Å². The largest absolute Gasteiger partial charge is 0.492 e. The van der Waals surface area contributed by atoms with E-state index in [4.69, 9.17) is 26.8 Å². The Bertz CT molecular complexity index is 786. The Balaban J connectivity index is 1.31. The van der Waals surface area contributed by atoms with Crippen LogP contribution in [0.1, 0.15) is 36.2 Å². The maximum absolute atomic E-state index is 12.8. The van der Waals surface area contributed by atoms with Gasteiger partial charge in [-0.3, -0.25) is 4.79 Å². The maximum atomic E-state index is 12.8. The zero-order chi connectivity index (χ0) is 20.8. The highest BCUT2D eigenvalue weighted by Crippen LogP contribution is 2.51. The van der Waals surface area contributed by atoms with E-state index >= 15 is 0 Å². The van der Waals surface area contributed by atoms with E-state index in [1.165, 1.54) is 0 Å². The van der Waals surface area contributed by atoms with Crippen LogP contribution < -0.4 is 15.8 Å². The molecule has 1 aromatic carbocycles. The van der Waals surface area contributed by atoms with Crippen molar-refractivity contribution >= 4 is 23.2 Å². The van der Waals surface area contributed by atoms with Crippen LogP contribution in [-0.4, -0.2) is 57.3 Å². The minimum Gasteiger partial charge on any atom is -0.492 e. The molecule has 1 saturated carbocycles. The fourth-order valence-electron chi connectivity index (χ4n) is 5.22. The number of anilines is 1. The molecule has 0 bridgehead atoms. The van der Waals surface area contributed by atoms with Crippen LogP contribution in [0, 0.1) is 23.2 Å². The first-order chi connectivity index (χ1) is 13.8. The molecule has 1 aromatic rings. The Morgan fingerprint density at radius 2 is 2.14 bits per heavy atom. The lowest BCUT2D eigenvalue weighted by molar-refractivity contribution is 0.0719. The van der Waals surface area contributed by atoms with Crippen molar-refractivity contribution in [2.24, 2.45) is 23.2 Å². The minimum absolute atomic E-state index is 0.117. The SMILES string of the molecule is COCC(C)(C)CN1CC2C(CNC(=O)c3cc(Cl)c(N)c4c3OCCC4)C2C1. The van der Waals surface area contributed by atoms with Gasteiger partial charge in [0.1, 0.15) is 5.75 Å². The summed E-state index contributed by atoms with van der Waals surface area (Å²) in [6, 6.07) is 1.64. The summed E-state index contributed by atoms with van der Waals surface area (Å²) in [7, 11) is 1.76. The third kappa shape index (κ3) is 4.21. The second kappa shape index (κ2) is 7.97. The molecule has 0 radical (unpaired) electrons. The predicted octanol–water partition coefficient (Wildman–Crippen LogP) is 2.83. The van der Waals surface area contributed by atoms with Crippen LogP contribution in [0.2, 0.25) is 5.02 Å². The number of methoxy groups -OCH3 is 1. The Morgan fingerprint density at radius 3 is 2.83 bits per heavy atom. The van der Waals surface area contributed by atoms with E-state index in [0.29, 0.717) is 52.9 Å². The minimum atomic E-state index is -0.117. The molecule has 4 rings (SSSR count). The van der Waals surface area contributed by atoms with Gasteiger partial charge in [-0.05, 0) is 36.7 Å². The van der Waals surface area contributed by atoms with Gasteiger partial charge in [-0.25, -0.2) is 0 Å². The molecule has 2 unspecified atom stereocenters. The topological polar surface area (TPSA) is 76.8 Å². The Kier molecular flexibility index (Phi) is 5.70. The number of likely N-dealkylation sites (tertiary alicyclic amines) is 1. The van der Waals surface area contributed by atoms with E-state index in [9.17, 15) is 4.79 Å². The normalized spacial score (nSPS) is 25.9. The molecule has 0 aromatic heterocycles. The summed E-state index contributed by atoms with van der Waals surface area (Å²) >= 11 is 6.26. The van der Waals surface area contributed by atoms with E-state index in [-0.39, 0.29) is 11.3 Å². The van der Waals surface area contributed by atoms with Crippen molar-refractivity contribution in [1.29, 1.82) is 0 Å². The monoisotopic (exact) mass is 421 g/mol. The lowest BCUT2D eigenvalue weighted by Gasteiger charge is -2.30. The van der Waals surface area contributed by atoms with Crippen LogP contribution >= 0.6 is 11.6 Å². The van der Waals surface area contributed by atoms with Crippen molar-refractivity contribution in [1.82, 2.24) is 10.2 Å². The molecule has 0 spiro atoms. The van der Waals surface area contributed by atoms with Gasteiger partial charge in [0.25, 0.3) is 5.91 Å². The van der Waals surface area contributed by atoms with E-state index in [2.05, 4.69) is 24.1 Å². The number of nitrogen functional groups attached to an aromatic ring is 1. The van der Waals surface area contributed by atoms with Gasteiger partial charge in [0.2, 0.25) is 0 Å². The molecule has 1 amide bonds. The lowest BCUT2D eigenvalue weighted by Crippen LogP contribution is -2.38. The molecule has 2 aliphatic heterocycles. The number of nitrogens with zero attached hydrogens (tertiary/aromatic N) is 1. The van der Waals surface area contributed by atoms with E-state index in [1.54, 1.807) is 13.2 Å². The number of piperidine rings is 1. The number of ether oxygens (including phenoxy) is 2. The quantitative estimate of drug-likeness (QED) is 0.662. The Hall–Kier alpha value is -1.50. The van der Waals surface area contributed by atoms with Crippen LogP contribution in [0.15, 0.2) is 6.07 Å². The second-order valence-corrected chi connectivity index (χ2v) is 9.98. The number of hydrogen-bond acceptors (Lipinski definition) is 5. The van der Waals surface area contributed by atoms with Crippen LogP contribution in [0.3, 0.4) is 0 Å². The fourth-order valence-corrected chi connectivity index (χ4v) is 5.44. The number of hydrogen-bond donors (Lipinski definition) is 2. The molecular formula is C22H32ClN3O3. The smallest absolute Gasteiger partial charge is 0.255 e. The zero-order valence-corrected chi connectivity index (χ0v) is 18.3. The number of amides is 1. The number of nitrogens with one attached hydrogen (secondary N) is 1. The lowest BCUT2D eigenvalue weighted by atomic mass is 9.94. The molecule has 2 fully saturated rings. The summed E-state index contributed by atoms with van der Waals surface area (Å²) in [4.78, 5) is 15.4. The third-order valence-corrected chi connectivity index (χ3v) is 6.88. The van der Waals surface area contributed by atoms with Gasteiger partial charge >= 0.3 is 0 Å². The molecule has 1 saturated heterocycles. The van der Waals surface area contributed by atoms with Crippen molar-refractivity contribution in [3.63, 3.8) is 0 Å². The number of carbonyl (C=O) groups excluding carboxylic acids is 1. The van der Waals surface area contributed by atoms with E-state index in [1.807, 2.05) is 0 Å². The summed E-state index contributed by atoms with van der Waals surface area (Å²) in [5.41, 5.74) is 8.16. The number of benzene rings is 1. The highest BCUT2D eigenvalue weighted by molar-refractivity contribution is 6.33. The molecule has 160 valence electrons. The third-order valence-electron chi connectivity index (χ3n) is 6.57. The molecule has 2 heterocycles. The van der Waals surface area contributed by atoms with Gasteiger partial charge in [0, 0.05) is 44.3 Å². The first-order valence-corrected chi connectivity index (χ1v) is 10.9. The second-order valence-electron chi connectivity index (χ2n) is 9.57. The van der Waals surface area contributed by atoms with Gasteiger partial charge in [-0.15, -0.1) is 0 Å². The fraction of sp³-hybridized carbons (Fsp3) is 0.682. The standard InChI is InChI=1S/C22H32ClN3O3/c1-22(2,12-28-3)11-26-9-16-15(17(16)10-26)8-25-21(27)14-7-18(23)19(24)13-5-4-6-29-20(13)14/h7,15-17H,4-6,8-12,24H2,1-3H3,(H,25,27). The summed E-state index contributed by atoms with van der Waals surface area (Å²) in [6.45, 7) is 9.87. The van der Waals surface area contributed by atoms with Crippen LogP contribution in [0.5, 0.6) is 5.75 Å². The maximum Gasteiger partial charge on any atom is 0.255 e. The Morgan fingerprint density at radius 1 is 1.41 bits per heavy atom. The van der Waals surface area contributed by atoms with Crippen LogP contribution in [-0.2, 0) is 11.2 Å². The summed E-state index contributed by atoms with van der Waals surface area (Å²) in [6.07, 6.45) is 1.69. The van der Waals surface area contributed by atoms with Gasteiger partial charge in [0.15, 0.2) is 0 Å². The molecule has 29 heavy (non-hydrogen) atoms. The van der Waals surface area contributed by atoms with Crippen molar-refractivity contribution in [2.45, 2.75) is 26.7 Å². The number of carbonyl (C=O) groups is 1. The van der Waals surface area contributed by atoms with Gasteiger partial charge in [-0.2, -0.15) is 0 Å². The summed E-state index contributed by atoms with van der Waals surface area (Å²) in [5, 5.41) is 3.54. The van der Waals surface area contributed by atoms with Gasteiger partial charge in [-0.1, -0.05) is 25.4 Å². The van der Waals surface area contributed by atoms with Crippen LogP contribution in [0.4, 0.5) is 5.69 Å². The average molecular weight is 422 g/mol. The highest BCUT2D eigenvalue weighted by Gasteiger charge is 2.55. The van der Waals surface area contributed by atoms with Crippen molar-refractivity contribution < 1.29 is 14.3 Å².